The van der Waals surface area contributed by atoms with E-state index in [4.69, 9.17) is 9.84 Å². The number of nitrogens with zero attached hydrogens (tertiary/aromatic N) is 3. The van der Waals surface area contributed by atoms with Gasteiger partial charge in [-0.3, -0.25) is 4.57 Å². The Kier molecular flexibility index (Phi) is 3.94. The Bertz CT molecular complexity index is 553. The lowest BCUT2D eigenvalue weighted by Gasteiger charge is -2.18. The predicted molar refractivity (Wildman–Crippen MR) is 73.0 cm³/mol. The number of hydrogen-bond donors (Lipinski definition) is 3. The molecule has 2 fully saturated rings. The van der Waals surface area contributed by atoms with Gasteiger partial charge in [-0.25, -0.2) is 4.79 Å². The number of aromatic nitrogens is 2. The van der Waals surface area contributed by atoms with E-state index in [1.807, 2.05) is 0 Å². The third-order valence-corrected chi connectivity index (χ3v) is 4.00. The van der Waals surface area contributed by atoms with Crippen LogP contribution < -0.4 is 10.6 Å². The minimum absolute atomic E-state index is 0.0552. The Balaban J connectivity index is 1.76. The van der Waals surface area contributed by atoms with E-state index in [-0.39, 0.29) is 25.8 Å². The highest BCUT2D eigenvalue weighted by Crippen LogP contribution is 2.27. The van der Waals surface area contributed by atoms with Crippen LogP contribution in [0.2, 0.25) is 0 Å². The van der Waals surface area contributed by atoms with Crippen molar-refractivity contribution in [3.05, 3.63) is 22.7 Å². The SMILES string of the molecule is O=c1nc(N2C[C@H](O)[C@@H](O)C2)ccn1[C@H]1CC[C@@H](CO)O1. The van der Waals surface area contributed by atoms with Crippen molar-refractivity contribution in [1.29, 1.82) is 0 Å². The molecule has 1 aromatic rings. The summed E-state index contributed by atoms with van der Waals surface area (Å²) in [6, 6.07) is 1.67. The number of anilines is 1. The molecule has 4 atom stereocenters. The summed E-state index contributed by atoms with van der Waals surface area (Å²) in [4.78, 5) is 17.8. The average Bonchev–Trinajstić information content (AvgIpc) is 3.06. The van der Waals surface area contributed by atoms with E-state index in [2.05, 4.69) is 4.98 Å². The molecule has 0 bridgehead atoms. The summed E-state index contributed by atoms with van der Waals surface area (Å²) in [5, 5.41) is 28.1. The average molecular weight is 297 g/mol. The molecule has 0 radical (unpaired) electrons. The van der Waals surface area contributed by atoms with Crippen LogP contribution in [0.1, 0.15) is 19.1 Å². The van der Waals surface area contributed by atoms with E-state index < -0.39 is 24.1 Å². The molecule has 2 aliphatic rings. The van der Waals surface area contributed by atoms with Crippen molar-refractivity contribution in [2.45, 2.75) is 37.4 Å². The second-order valence-corrected chi connectivity index (χ2v) is 5.49. The molecular weight excluding hydrogens is 278 g/mol. The Labute approximate surface area is 121 Å². The van der Waals surface area contributed by atoms with Crippen molar-refractivity contribution in [3.8, 4) is 0 Å². The van der Waals surface area contributed by atoms with Crippen molar-refractivity contribution < 1.29 is 20.1 Å². The fourth-order valence-corrected chi connectivity index (χ4v) is 2.78. The van der Waals surface area contributed by atoms with Crippen LogP contribution in [0, 0.1) is 0 Å². The molecule has 0 saturated carbocycles. The standard InChI is InChI=1S/C13H19N3O5/c17-7-8-1-2-12(21-8)16-4-3-11(14-13(16)20)15-5-9(18)10(19)6-15/h3-4,8-10,12,17-19H,1-2,5-7H2/t8-,9-,10-,12+/m0/s1. The minimum atomic E-state index is -0.822. The van der Waals surface area contributed by atoms with Crippen molar-refractivity contribution >= 4 is 5.82 Å². The molecule has 8 heteroatoms. The van der Waals surface area contributed by atoms with Gasteiger partial charge in [-0.2, -0.15) is 4.98 Å². The van der Waals surface area contributed by atoms with Gasteiger partial charge in [0, 0.05) is 19.3 Å². The summed E-state index contributed by atoms with van der Waals surface area (Å²) < 4.78 is 6.96. The second-order valence-electron chi connectivity index (χ2n) is 5.49. The van der Waals surface area contributed by atoms with Gasteiger partial charge in [0.15, 0.2) is 0 Å². The van der Waals surface area contributed by atoms with E-state index in [1.54, 1.807) is 17.2 Å². The Morgan fingerprint density at radius 1 is 1.29 bits per heavy atom. The molecule has 0 amide bonds. The van der Waals surface area contributed by atoms with Gasteiger partial charge in [0.2, 0.25) is 0 Å². The molecule has 0 aliphatic carbocycles. The molecule has 8 nitrogen and oxygen atoms in total. The van der Waals surface area contributed by atoms with E-state index in [0.717, 1.165) is 0 Å². The monoisotopic (exact) mass is 297 g/mol. The van der Waals surface area contributed by atoms with Gasteiger partial charge in [-0.05, 0) is 18.9 Å². The van der Waals surface area contributed by atoms with E-state index in [1.165, 1.54) is 4.57 Å². The number of ether oxygens (including phenoxy) is 1. The second kappa shape index (κ2) is 5.72. The highest BCUT2D eigenvalue weighted by molar-refractivity contribution is 5.39. The molecule has 3 rings (SSSR count). The van der Waals surface area contributed by atoms with Crippen LogP contribution in [-0.2, 0) is 4.74 Å². The molecule has 1 aromatic heterocycles. The quantitative estimate of drug-likeness (QED) is 0.620. The molecule has 116 valence electrons. The number of rotatable bonds is 3. The topological polar surface area (TPSA) is 108 Å². The molecule has 3 heterocycles. The molecule has 2 aliphatic heterocycles. The molecule has 21 heavy (non-hydrogen) atoms. The Morgan fingerprint density at radius 2 is 2.00 bits per heavy atom. The first-order chi connectivity index (χ1) is 10.1. The Hall–Kier alpha value is -1.48. The van der Waals surface area contributed by atoms with Gasteiger partial charge in [-0.15, -0.1) is 0 Å². The lowest BCUT2D eigenvalue weighted by molar-refractivity contribution is -0.0245. The first-order valence-electron chi connectivity index (χ1n) is 7.05. The van der Waals surface area contributed by atoms with Gasteiger partial charge >= 0.3 is 5.69 Å². The van der Waals surface area contributed by atoms with Crippen molar-refractivity contribution in [1.82, 2.24) is 9.55 Å². The van der Waals surface area contributed by atoms with Crippen LogP contribution in [-0.4, -0.2) is 62.9 Å². The largest absolute Gasteiger partial charge is 0.394 e. The maximum Gasteiger partial charge on any atom is 0.351 e. The predicted octanol–water partition coefficient (Wildman–Crippen LogP) is -1.54. The van der Waals surface area contributed by atoms with Gasteiger partial charge in [0.1, 0.15) is 12.0 Å². The van der Waals surface area contributed by atoms with Gasteiger partial charge in [0.05, 0.1) is 24.9 Å². The van der Waals surface area contributed by atoms with Crippen LogP contribution in [0.5, 0.6) is 0 Å². The maximum absolute atomic E-state index is 12.1. The summed E-state index contributed by atoms with van der Waals surface area (Å²) in [6.45, 7) is 0.453. The fraction of sp³-hybridized carbons (Fsp3) is 0.692. The number of aliphatic hydroxyl groups is 3. The maximum atomic E-state index is 12.1. The summed E-state index contributed by atoms with van der Waals surface area (Å²) in [5.74, 6) is 0.434. The zero-order valence-corrected chi connectivity index (χ0v) is 11.5. The minimum Gasteiger partial charge on any atom is -0.394 e. The van der Waals surface area contributed by atoms with Gasteiger partial charge in [0.25, 0.3) is 0 Å². The highest BCUT2D eigenvalue weighted by atomic mass is 16.5. The summed E-state index contributed by atoms with van der Waals surface area (Å²) in [5.41, 5.74) is -0.438. The zero-order valence-electron chi connectivity index (χ0n) is 11.5. The third-order valence-electron chi connectivity index (χ3n) is 4.00. The smallest absolute Gasteiger partial charge is 0.351 e. The zero-order chi connectivity index (χ0) is 15.0. The number of β-amino-alcohol motifs (C(OH)–C–C–N with tert-alkyl or cyclic N) is 2. The molecule has 0 unspecified atom stereocenters. The van der Waals surface area contributed by atoms with E-state index >= 15 is 0 Å². The van der Waals surface area contributed by atoms with Crippen molar-refractivity contribution in [2.75, 3.05) is 24.6 Å². The van der Waals surface area contributed by atoms with Gasteiger partial charge in [-0.1, -0.05) is 0 Å². The molecule has 3 N–H and O–H groups in total. The first kappa shape index (κ1) is 14.5. The third kappa shape index (κ3) is 2.80. The summed E-state index contributed by atoms with van der Waals surface area (Å²) >= 11 is 0. The van der Waals surface area contributed by atoms with Crippen molar-refractivity contribution in [2.24, 2.45) is 0 Å². The molecular formula is C13H19N3O5. The van der Waals surface area contributed by atoms with Crippen LogP contribution in [0.25, 0.3) is 0 Å². The molecule has 0 aromatic carbocycles. The molecule has 2 saturated heterocycles. The summed E-state index contributed by atoms with van der Waals surface area (Å²) in [6.07, 6.45) is 0.700. The fourth-order valence-electron chi connectivity index (χ4n) is 2.78. The number of aliphatic hydroxyl groups excluding tert-OH is 3. The highest BCUT2D eigenvalue weighted by Gasteiger charge is 2.31. The van der Waals surface area contributed by atoms with E-state index in [0.29, 0.717) is 18.7 Å². The first-order valence-corrected chi connectivity index (χ1v) is 7.05. The van der Waals surface area contributed by atoms with Crippen LogP contribution in [0.4, 0.5) is 5.82 Å². The lowest BCUT2D eigenvalue weighted by Crippen LogP contribution is -2.31. The van der Waals surface area contributed by atoms with Gasteiger partial charge < -0.3 is 25.0 Å². The van der Waals surface area contributed by atoms with E-state index in [9.17, 15) is 15.0 Å². The summed E-state index contributed by atoms with van der Waals surface area (Å²) in [7, 11) is 0. The Morgan fingerprint density at radius 3 is 2.57 bits per heavy atom. The van der Waals surface area contributed by atoms with Crippen LogP contribution >= 0.6 is 0 Å². The molecule has 0 spiro atoms. The lowest BCUT2D eigenvalue weighted by atomic mass is 10.2. The number of hydrogen-bond acceptors (Lipinski definition) is 7. The van der Waals surface area contributed by atoms with Crippen LogP contribution in [0.3, 0.4) is 0 Å². The van der Waals surface area contributed by atoms with Crippen LogP contribution in [0.15, 0.2) is 17.1 Å². The van der Waals surface area contributed by atoms with Crippen molar-refractivity contribution in [3.63, 3.8) is 0 Å². The normalized spacial score (nSPS) is 32.8.